The minimum atomic E-state index is 0. The number of hydrogen-bond donors (Lipinski definition) is 1. The van der Waals surface area contributed by atoms with Crippen LogP contribution < -0.4 is 18.1 Å². The van der Waals surface area contributed by atoms with E-state index in [1.54, 1.807) is 0 Å². The second kappa shape index (κ2) is 23.2. The maximum Gasteiger partial charge on any atom is 0.104 e. The lowest BCUT2D eigenvalue weighted by atomic mass is 10.0. The maximum absolute atomic E-state index is 5.81. The molecule has 2 nitrogen and oxygen atoms in total. The van der Waals surface area contributed by atoms with Gasteiger partial charge in [0.05, 0.1) is 20.1 Å². The van der Waals surface area contributed by atoms with Crippen molar-refractivity contribution in [3.63, 3.8) is 0 Å². The molecule has 0 aliphatic rings. The summed E-state index contributed by atoms with van der Waals surface area (Å²) in [5.74, 6) is 0. The van der Waals surface area contributed by atoms with Crippen LogP contribution in [0.25, 0.3) is 0 Å². The van der Waals surface area contributed by atoms with Gasteiger partial charge in [0.1, 0.15) is 6.54 Å². The van der Waals surface area contributed by atoms with E-state index in [-0.39, 0.29) is 12.4 Å². The number of quaternary nitrogens is 1. The molecule has 0 bridgehead atoms. The molecule has 1 atom stereocenters. The number of hydrogen-bond acceptors (Lipinski definition) is 1. The lowest BCUT2D eigenvalue weighted by Gasteiger charge is -2.35. The number of halogens is 1. The third-order valence-electron chi connectivity index (χ3n) is 7.11. The van der Waals surface area contributed by atoms with Crippen LogP contribution in [0.4, 0.5) is 0 Å². The highest BCUT2D eigenvalue weighted by Crippen LogP contribution is 2.17. The smallest absolute Gasteiger partial charge is 0.104 e. The van der Waals surface area contributed by atoms with Gasteiger partial charge in [-0.3, -0.25) is 0 Å². The van der Waals surface area contributed by atoms with Gasteiger partial charge in [0.25, 0.3) is 0 Å². The minimum absolute atomic E-state index is 0. The maximum atomic E-state index is 5.81. The highest BCUT2D eigenvalue weighted by Gasteiger charge is 2.21. The molecule has 194 valence electrons. The molecule has 0 amide bonds. The van der Waals surface area contributed by atoms with Crippen LogP contribution in [0.2, 0.25) is 0 Å². The Balaban J connectivity index is 0.0000102. The molecule has 33 heavy (non-hydrogen) atoms. The lowest BCUT2D eigenvalue weighted by Crippen LogP contribution is -3.00. The quantitative estimate of drug-likeness (QED) is 0.159. The number of nitrogens with zero attached hydrogens (tertiary/aromatic N) is 1. The Morgan fingerprint density at radius 2 is 0.970 bits per heavy atom. The summed E-state index contributed by atoms with van der Waals surface area (Å²) in [6.07, 6.45) is 25.6. The minimum Gasteiger partial charge on any atom is -1.00 e. The molecular weight excluding hydrogens is 424 g/mol. The monoisotopic (exact) mass is 480 g/mol. The Labute approximate surface area is 214 Å². The SMILES string of the molecule is CCCCCCCCCCCCCCCCCCC[N+](C)(CCCN)Cc1ccccc1.[Cl-]. The first-order valence-corrected chi connectivity index (χ1v) is 14.3. The Morgan fingerprint density at radius 1 is 0.576 bits per heavy atom. The van der Waals surface area contributed by atoms with E-state index in [2.05, 4.69) is 44.3 Å². The highest BCUT2D eigenvalue weighted by molar-refractivity contribution is 5.13. The zero-order valence-corrected chi connectivity index (χ0v) is 23.1. The molecule has 0 aliphatic carbocycles. The van der Waals surface area contributed by atoms with Gasteiger partial charge in [-0.05, 0) is 19.4 Å². The van der Waals surface area contributed by atoms with Crippen molar-refractivity contribution in [2.24, 2.45) is 5.73 Å². The fraction of sp³-hybridized carbons (Fsp3) is 0.800. The largest absolute Gasteiger partial charge is 1.00 e. The zero-order chi connectivity index (χ0) is 23.2. The van der Waals surface area contributed by atoms with Crippen LogP contribution in [0.15, 0.2) is 30.3 Å². The summed E-state index contributed by atoms with van der Waals surface area (Å²) < 4.78 is 1.14. The van der Waals surface area contributed by atoms with Crippen molar-refractivity contribution in [2.45, 2.75) is 129 Å². The fourth-order valence-electron chi connectivity index (χ4n) is 4.99. The van der Waals surface area contributed by atoms with Crippen molar-refractivity contribution < 1.29 is 16.9 Å². The van der Waals surface area contributed by atoms with Crippen LogP contribution in [0.5, 0.6) is 0 Å². The fourth-order valence-corrected chi connectivity index (χ4v) is 4.99. The second-order valence-electron chi connectivity index (χ2n) is 10.5. The van der Waals surface area contributed by atoms with Crippen LogP contribution in [0.1, 0.15) is 128 Å². The molecule has 3 heteroatoms. The van der Waals surface area contributed by atoms with Crippen molar-refractivity contribution in [1.29, 1.82) is 0 Å². The first-order valence-electron chi connectivity index (χ1n) is 14.3. The van der Waals surface area contributed by atoms with E-state index < -0.39 is 0 Å². The summed E-state index contributed by atoms with van der Waals surface area (Å²) in [5.41, 5.74) is 7.27. The topological polar surface area (TPSA) is 26.0 Å². The summed E-state index contributed by atoms with van der Waals surface area (Å²) >= 11 is 0. The zero-order valence-electron chi connectivity index (χ0n) is 22.3. The van der Waals surface area contributed by atoms with Gasteiger partial charge in [-0.1, -0.05) is 134 Å². The van der Waals surface area contributed by atoms with Gasteiger partial charge in [0, 0.05) is 12.0 Å². The Bertz CT molecular complexity index is 507. The average molecular weight is 481 g/mol. The molecular formula is C30H57ClN2. The van der Waals surface area contributed by atoms with E-state index >= 15 is 0 Å². The first-order chi connectivity index (χ1) is 15.7. The normalized spacial score (nSPS) is 12.9. The van der Waals surface area contributed by atoms with Gasteiger partial charge >= 0.3 is 0 Å². The Morgan fingerprint density at radius 3 is 1.39 bits per heavy atom. The first kappa shape index (κ1) is 32.4. The number of nitrogens with two attached hydrogens (primary N) is 1. The van der Waals surface area contributed by atoms with Crippen molar-refractivity contribution in [1.82, 2.24) is 0 Å². The van der Waals surface area contributed by atoms with E-state index in [1.807, 2.05) is 0 Å². The van der Waals surface area contributed by atoms with E-state index in [4.69, 9.17) is 5.73 Å². The Kier molecular flexibility index (Phi) is 22.8. The van der Waals surface area contributed by atoms with Crippen LogP contribution in [-0.2, 0) is 6.54 Å². The van der Waals surface area contributed by atoms with Crippen LogP contribution >= 0.6 is 0 Å². The van der Waals surface area contributed by atoms with Crippen molar-refractivity contribution in [3.8, 4) is 0 Å². The lowest BCUT2D eigenvalue weighted by molar-refractivity contribution is -0.922. The molecule has 1 unspecified atom stereocenters. The van der Waals surface area contributed by atoms with Crippen molar-refractivity contribution >= 4 is 0 Å². The number of unbranched alkanes of at least 4 members (excludes halogenated alkanes) is 16. The summed E-state index contributed by atoms with van der Waals surface area (Å²) in [6, 6.07) is 11.0. The predicted molar refractivity (Wildman–Crippen MR) is 144 cm³/mol. The van der Waals surface area contributed by atoms with E-state index in [9.17, 15) is 0 Å². The van der Waals surface area contributed by atoms with Gasteiger partial charge in [0.15, 0.2) is 0 Å². The van der Waals surface area contributed by atoms with Crippen molar-refractivity contribution in [2.75, 3.05) is 26.7 Å². The summed E-state index contributed by atoms with van der Waals surface area (Å²) in [4.78, 5) is 0. The highest BCUT2D eigenvalue weighted by atomic mass is 35.5. The van der Waals surface area contributed by atoms with Gasteiger partial charge in [-0.15, -0.1) is 0 Å². The number of rotatable bonds is 23. The molecule has 0 saturated carbocycles. The molecule has 0 aliphatic heterocycles. The summed E-state index contributed by atoms with van der Waals surface area (Å²) in [7, 11) is 2.43. The van der Waals surface area contributed by atoms with Gasteiger partial charge in [-0.2, -0.15) is 0 Å². The van der Waals surface area contributed by atoms with E-state index in [0.717, 1.165) is 24.0 Å². The molecule has 0 radical (unpaired) electrons. The molecule has 1 aromatic carbocycles. The third kappa shape index (κ3) is 19.4. The van der Waals surface area contributed by atoms with Gasteiger partial charge < -0.3 is 22.6 Å². The van der Waals surface area contributed by atoms with E-state index in [0.29, 0.717) is 0 Å². The van der Waals surface area contributed by atoms with Crippen LogP contribution in [-0.4, -0.2) is 31.2 Å². The van der Waals surface area contributed by atoms with E-state index in [1.165, 1.54) is 128 Å². The summed E-state index contributed by atoms with van der Waals surface area (Å²) in [5, 5.41) is 0. The summed E-state index contributed by atoms with van der Waals surface area (Å²) in [6.45, 7) is 6.73. The molecule has 0 aromatic heterocycles. The third-order valence-corrected chi connectivity index (χ3v) is 7.11. The van der Waals surface area contributed by atoms with Crippen LogP contribution in [0.3, 0.4) is 0 Å². The Hall–Kier alpha value is -0.570. The van der Waals surface area contributed by atoms with Gasteiger partial charge in [0.2, 0.25) is 0 Å². The number of benzene rings is 1. The predicted octanol–water partition coefficient (Wildman–Crippen LogP) is 5.64. The molecule has 0 heterocycles. The standard InChI is InChI=1S/C30H57N2.ClH/c1-3-4-5-6-7-8-9-10-11-12-13-14-15-16-17-18-22-27-32(2,28-23-26-31)29-30-24-20-19-21-25-30;/h19-21,24-25H,3-18,22-23,26-29,31H2,1-2H3;1H/q+1;/p-1. The van der Waals surface area contributed by atoms with Crippen LogP contribution in [0, 0.1) is 0 Å². The molecule has 0 saturated heterocycles. The second-order valence-corrected chi connectivity index (χ2v) is 10.5. The van der Waals surface area contributed by atoms with Crippen molar-refractivity contribution in [3.05, 3.63) is 35.9 Å². The molecule has 2 N–H and O–H groups in total. The average Bonchev–Trinajstić information content (AvgIpc) is 2.80. The van der Waals surface area contributed by atoms with Gasteiger partial charge in [-0.25, -0.2) is 0 Å². The molecule has 1 rings (SSSR count). The molecule has 1 aromatic rings. The molecule has 0 fully saturated rings. The molecule has 0 spiro atoms.